The first-order valence-electron chi connectivity index (χ1n) is 19.1. The smallest absolute Gasteiger partial charge is 0.308 e. The molecule has 0 amide bonds. The minimum atomic E-state index is -1.06. The van der Waals surface area contributed by atoms with E-state index < -0.39 is 123 Å². The van der Waals surface area contributed by atoms with E-state index in [1.165, 1.54) is 14.0 Å². The van der Waals surface area contributed by atoms with E-state index in [2.05, 4.69) is 0 Å². The molecule has 18 heteroatoms. The molecule has 5 aliphatic rings. The molecule has 1 N–H and O–H groups in total. The number of cyclic esters (lactones) is 1. The predicted octanol–water partition coefficient (Wildman–Crippen LogP) is 1.38. The van der Waals surface area contributed by atoms with Crippen LogP contribution in [0.1, 0.15) is 67.2 Å². The van der Waals surface area contributed by atoms with Crippen LogP contribution in [-0.4, -0.2) is 175 Å². The number of aliphatic hydroxyl groups excluding tert-OH is 1. The zero-order valence-corrected chi connectivity index (χ0v) is 33.8. The van der Waals surface area contributed by atoms with Gasteiger partial charge in [-0.05, 0) is 34.6 Å². The Morgan fingerprint density at radius 1 is 0.545 bits per heavy atom. The summed E-state index contributed by atoms with van der Waals surface area (Å²) in [4.78, 5) is 23.9. The summed E-state index contributed by atoms with van der Waals surface area (Å²) in [6.07, 6.45) is -11.4. The van der Waals surface area contributed by atoms with Crippen molar-refractivity contribution >= 4 is 11.9 Å². The number of carbonyl (C=O) groups excluding carboxylic acids is 2. The Morgan fingerprint density at radius 2 is 0.964 bits per heavy atom. The summed E-state index contributed by atoms with van der Waals surface area (Å²) < 4.78 is 90.2. The van der Waals surface area contributed by atoms with Crippen LogP contribution in [0.15, 0.2) is 0 Å². The van der Waals surface area contributed by atoms with Gasteiger partial charge in [0.25, 0.3) is 0 Å². The average molecular weight is 795 g/mol. The van der Waals surface area contributed by atoms with Gasteiger partial charge in [-0.2, -0.15) is 0 Å². The predicted molar refractivity (Wildman–Crippen MR) is 186 cm³/mol. The van der Waals surface area contributed by atoms with Crippen LogP contribution in [-0.2, 0) is 80.6 Å². The van der Waals surface area contributed by atoms with E-state index in [1.807, 2.05) is 20.8 Å². The Bertz CT molecular complexity index is 1230. The molecule has 5 saturated heterocycles. The molecule has 0 unspecified atom stereocenters. The number of hydrogen-bond acceptors (Lipinski definition) is 18. The monoisotopic (exact) mass is 794 g/mol. The summed E-state index contributed by atoms with van der Waals surface area (Å²) in [5, 5.41) is 10.6. The second-order valence-electron chi connectivity index (χ2n) is 14.9. The Labute approximate surface area is 323 Å². The highest BCUT2D eigenvalue weighted by Gasteiger charge is 2.51. The molecular weight excluding hydrogens is 732 g/mol. The van der Waals surface area contributed by atoms with E-state index >= 15 is 0 Å². The van der Waals surface area contributed by atoms with Crippen LogP contribution in [0.25, 0.3) is 0 Å². The molecule has 18 nitrogen and oxygen atoms in total. The molecule has 55 heavy (non-hydrogen) atoms. The van der Waals surface area contributed by atoms with Crippen molar-refractivity contribution in [3.63, 3.8) is 0 Å². The van der Waals surface area contributed by atoms with Crippen molar-refractivity contribution in [2.45, 2.75) is 190 Å². The van der Waals surface area contributed by atoms with Crippen LogP contribution in [0.4, 0.5) is 0 Å². The molecule has 318 valence electrons. The highest BCUT2D eigenvalue weighted by molar-refractivity contribution is 5.71. The van der Waals surface area contributed by atoms with Crippen LogP contribution in [0.2, 0.25) is 0 Å². The van der Waals surface area contributed by atoms with Crippen molar-refractivity contribution in [1.82, 2.24) is 0 Å². The second kappa shape index (κ2) is 19.9. The zero-order valence-electron chi connectivity index (χ0n) is 33.8. The lowest BCUT2D eigenvalue weighted by atomic mass is 9.97. The highest BCUT2D eigenvalue weighted by Crippen LogP contribution is 2.36. The van der Waals surface area contributed by atoms with Gasteiger partial charge < -0.3 is 76.2 Å². The number of carbonyl (C=O) groups is 2. The van der Waals surface area contributed by atoms with Gasteiger partial charge in [-0.15, -0.1) is 0 Å². The first-order valence-corrected chi connectivity index (χ1v) is 19.1. The van der Waals surface area contributed by atoms with Gasteiger partial charge in [0.05, 0.1) is 55.3 Å². The molecule has 0 bridgehead atoms. The summed E-state index contributed by atoms with van der Waals surface area (Å²) >= 11 is 0. The van der Waals surface area contributed by atoms with Gasteiger partial charge in [-0.3, -0.25) is 9.59 Å². The normalized spacial score (nSPS) is 46.9. The lowest BCUT2D eigenvalue weighted by molar-refractivity contribution is -0.356. The fourth-order valence-electron chi connectivity index (χ4n) is 8.23. The maximum Gasteiger partial charge on any atom is 0.308 e. The fraction of sp³-hybridized carbons (Fsp3) is 0.946. The molecule has 5 rings (SSSR count). The number of ether oxygens (including phenoxy) is 15. The van der Waals surface area contributed by atoms with E-state index in [0.29, 0.717) is 19.3 Å². The van der Waals surface area contributed by atoms with Gasteiger partial charge >= 0.3 is 11.9 Å². The third kappa shape index (κ3) is 10.5. The summed E-state index contributed by atoms with van der Waals surface area (Å²) in [7, 11) is 7.76. The van der Waals surface area contributed by atoms with E-state index in [1.54, 1.807) is 42.3 Å². The molecule has 5 fully saturated rings. The maximum atomic E-state index is 12.0. The largest absolute Gasteiger partial charge is 0.460 e. The molecule has 0 radical (unpaired) electrons. The topological polar surface area (TPSA) is 193 Å². The minimum Gasteiger partial charge on any atom is -0.460 e. The third-order valence-electron chi connectivity index (χ3n) is 11.1. The summed E-state index contributed by atoms with van der Waals surface area (Å²) in [6, 6.07) is 0. The van der Waals surface area contributed by atoms with Gasteiger partial charge in [0, 0.05) is 61.7 Å². The summed E-state index contributed by atoms with van der Waals surface area (Å²) in [5.74, 6) is -0.899. The van der Waals surface area contributed by atoms with Gasteiger partial charge in [0.2, 0.25) is 0 Å². The molecule has 5 aliphatic heterocycles. The van der Waals surface area contributed by atoms with E-state index in [9.17, 15) is 14.7 Å². The van der Waals surface area contributed by atoms with Gasteiger partial charge in [0.15, 0.2) is 31.3 Å². The van der Waals surface area contributed by atoms with Crippen LogP contribution in [0.3, 0.4) is 0 Å². The van der Waals surface area contributed by atoms with Gasteiger partial charge in [-0.25, -0.2) is 0 Å². The first kappa shape index (κ1) is 44.5. The Morgan fingerprint density at radius 3 is 1.36 bits per heavy atom. The SMILES string of the molecule is CO[C@H]1[C@@H](O)[C@@H](C)O[C@@H](O[C@H]2[C@@H](OC)C[C@H](O[C@H]3[C@@H](OC)C[C@H](O[C@H]4[C@@H](OC)C[C@H](O[C@@H]5[C@@H](C)OC(=O)C[C@H]5OC)O[C@@H]4C)O[C@@H]3C)O[C@@H]2C)[C@@H]1OC(C)=O. The van der Waals surface area contributed by atoms with Crippen LogP contribution in [0, 0.1) is 0 Å². The number of hydrogen-bond donors (Lipinski definition) is 1. The van der Waals surface area contributed by atoms with Gasteiger partial charge in [-0.1, -0.05) is 0 Å². The van der Waals surface area contributed by atoms with E-state index in [0.717, 1.165) is 0 Å². The molecular formula is C37H62O18. The number of rotatable bonds is 14. The van der Waals surface area contributed by atoms with Gasteiger partial charge in [0.1, 0.15) is 42.7 Å². The lowest BCUT2D eigenvalue weighted by Gasteiger charge is -2.48. The van der Waals surface area contributed by atoms with Crippen molar-refractivity contribution < 1.29 is 85.7 Å². The first-order chi connectivity index (χ1) is 26.2. The molecule has 0 spiro atoms. The molecule has 20 atom stereocenters. The Hall–Kier alpha value is -1.62. The number of aliphatic hydroxyl groups is 1. The van der Waals surface area contributed by atoms with Crippen molar-refractivity contribution in [3.8, 4) is 0 Å². The highest BCUT2D eigenvalue weighted by atomic mass is 16.8. The van der Waals surface area contributed by atoms with Crippen LogP contribution >= 0.6 is 0 Å². The zero-order chi connectivity index (χ0) is 40.1. The summed E-state index contributed by atoms with van der Waals surface area (Å²) in [5.41, 5.74) is 0. The van der Waals surface area contributed by atoms with Crippen molar-refractivity contribution in [1.29, 1.82) is 0 Å². The Balaban J connectivity index is 1.17. The quantitative estimate of drug-likeness (QED) is 0.248. The van der Waals surface area contributed by atoms with E-state index in [4.69, 9.17) is 71.1 Å². The van der Waals surface area contributed by atoms with Crippen molar-refractivity contribution in [3.05, 3.63) is 0 Å². The molecule has 0 aromatic carbocycles. The molecule has 5 heterocycles. The van der Waals surface area contributed by atoms with E-state index in [-0.39, 0.29) is 18.5 Å². The standard InChI is InChI=1S/C37H62O18/c1-16-30(40)35(45-11)36(51-21(6)38)37(50-16)55-34-20(5)49-29(15-25(34)44-10)54-33-19(4)48-28(14-24(33)43-9)53-32-18(3)47-27(13-23(32)42-8)52-31-17(2)46-26(39)12-22(31)41-7/h16-20,22-25,27-37,40H,12-15H2,1-11H3/t16-,17-,18-,19-,20-,22-,23+,24+,25+,27+,28+,29+,30+,31-,32-,33-,34-,35+,36-,37+/m1/s1. The third-order valence-corrected chi connectivity index (χ3v) is 11.1. The summed E-state index contributed by atoms with van der Waals surface area (Å²) in [6.45, 7) is 10.3. The van der Waals surface area contributed by atoms with Crippen LogP contribution < -0.4 is 0 Å². The molecule has 0 aromatic rings. The molecule has 0 aromatic heterocycles. The lowest BCUT2D eigenvalue weighted by Crippen LogP contribution is -2.62. The minimum absolute atomic E-state index is 0.0976. The average Bonchev–Trinajstić information content (AvgIpc) is 3.13. The van der Waals surface area contributed by atoms with Crippen molar-refractivity contribution in [2.24, 2.45) is 0 Å². The van der Waals surface area contributed by atoms with Crippen LogP contribution in [0.5, 0.6) is 0 Å². The van der Waals surface area contributed by atoms with Crippen molar-refractivity contribution in [2.75, 3.05) is 35.5 Å². The Kier molecular flexibility index (Phi) is 16.1. The molecule has 0 saturated carbocycles. The number of methoxy groups -OCH3 is 5. The maximum absolute atomic E-state index is 12.0. The molecule has 0 aliphatic carbocycles. The second-order valence-corrected chi connectivity index (χ2v) is 14.9. The fourth-order valence-corrected chi connectivity index (χ4v) is 8.23. The number of esters is 2.